The SMILES string of the molecule is Cc1ccc(C2C/C(=N/O)c3sccc32)cc1. The van der Waals surface area contributed by atoms with Crippen molar-refractivity contribution in [3.05, 3.63) is 57.3 Å². The fourth-order valence-electron chi connectivity index (χ4n) is 2.41. The Morgan fingerprint density at radius 1 is 1.24 bits per heavy atom. The highest BCUT2D eigenvalue weighted by Crippen LogP contribution is 2.41. The number of nitrogens with zero attached hydrogens (tertiary/aromatic N) is 1. The molecule has 1 unspecified atom stereocenters. The van der Waals surface area contributed by atoms with Crippen LogP contribution < -0.4 is 0 Å². The quantitative estimate of drug-likeness (QED) is 0.600. The second kappa shape index (κ2) is 4.00. The number of fused-ring (bicyclic) bond motifs is 1. The van der Waals surface area contributed by atoms with Crippen LogP contribution >= 0.6 is 11.3 Å². The summed E-state index contributed by atoms with van der Waals surface area (Å²) in [7, 11) is 0. The van der Waals surface area contributed by atoms with Gasteiger partial charge in [-0.05, 0) is 29.5 Å². The molecule has 1 aliphatic rings. The average Bonchev–Trinajstić information content (AvgIpc) is 2.91. The molecule has 86 valence electrons. The molecule has 2 nitrogen and oxygen atoms in total. The van der Waals surface area contributed by atoms with Crippen LogP contribution in [-0.4, -0.2) is 10.9 Å². The van der Waals surface area contributed by atoms with Gasteiger partial charge in [-0.15, -0.1) is 11.3 Å². The molecule has 0 spiro atoms. The van der Waals surface area contributed by atoms with Crippen molar-refractivity contribution in [3.8, 4) is 0 Å². The molecule has 1 aliphatic carbocycles. The van der Waals surface area contributed by atoms with Gasteiger partial charge in [0.15, 0.2) is 0 Å². The lowest BCUT2D eigenvalue weighted by molar-refractivity contribution is 0.318. The average molecular weight is 243 g/mol. The third-order valence-corrected chi connectivity index (χ3v) is 4.31. The molecule has 2 aromatic rings. The van der Waals surface area contributed by atoms with Crippen LogP contribution in [0.5, 0.6) is 0 Å². The predicted octanol–water partition coefficient (Wildman–Crippen LogP) is 3.77. The molecule has 0 saturated heterocycles. The van der Waals surface area contributed by atoms with Gasteiger partial charge in [-0.3, -0.25) is 0 Å². The first-order valence-electron chi connectivity index (χ1n) is 5.65. The number of hydrogen-bond acceptors (Lipinski definition) is 3. The molecule has 0 saturated carbocycles. The van der Waals surface area contributed by atoms with Crippen LogP contribution in [-0.2, 0) is 0 Å². The number of hydrogen-bond donors (Lipinski definition) is 1. The zero-order chi connectivity index (χ0) is 11.8. The lowest BCUT2D eigenvalue weighted by Crippen LogP contribution is -1.97. The normalized spacial score (nSPS) is 20.8. The van der Waals surface area contributed by atoms with Gasteiger partial charge in [-0.25, -0.2) is 0 Å². The van der Waals surface area contributed by atoms with Crippen molar-refractivity contribution in [1.29, 1.82) is 0 Å². The van der Waals surface area contributed by atoms with E-state index in [1.807, 2.05) is 0 Å². The van der Waals surface area contributed by atoms with E-state index >= 15 is 0 Å². The summed E-state index contributed by atoms with van der Waals surface area (Å²) in [4.78, 5) is 1.14. The fraction of sp³-hybridized carbons (Fsp3) is 0.214. The predicted molar refractivity (Wildman–Crippen MR) is 70.3 cm³/mol. The third-order valence-electron chi connectivity index (χ3n) is 3.33. The highest BCUT2D eigenvalue weighted by atomic mass is 32.1. The molecule has 3 rings (SSSR count). The number of aryl methyl sites for hydroxylation is 1. The minimum Gasteiger partial charge on any atom is -0.411 e. The van der Waals surface area contributed by atoms with Crippen molar-refractivity contribution >= 4 is 17.0 Å². The molecule has 0 amide bonds. The standard InChI is InChI=1S/C14H13NOS/c1-9-2-4-10(5-3-9)12-8-13(15-16)14-11(12)6-7-17-14/h2-7,12,16H,8H2,1H3/b15-13-. The maximum Gasteiger partial charge on any atom is 0.0979 e. The van der Waals surface area contributed by atoms with Gasteiger partial charge in [-0.1, -0.05) is 35.0 Å². The largest absolute Gasteiger partial charge is 0.411 e. The summed E-state index contributed by atoms with van der Waals surface area (Å²) >= 11 is 1.66. The van der Waals surface area contributed by atoms with Gasteiger partial charge < -0.3 is 5.21 Å². The van der Waals surface area contributed by atoms with Crippen molar-refractivity contribution in [2.75, 3.05) is 0 Å². The number of oxime groups is 1. The smallest absolute Gasteiger partial charge is 0.0979 e. The van der Waals surface area contributed by atoms with Crippen LogP contribution in [0.25, 0.3) is 0 Å². The van der Waals surface area contributed by atoms with Crippen molar-refractivity contribution < 1.29 is 5.21 Å². The summed E-state index contributed by atoms with van der Waals surface area (Å²) in [6.45, 7) is 2.09. The summed E-state index contributed by atoms with van der Waals surface area (Å²) in [6.07, 6.45) is 0.807. The summed E-state index contributed by atoms with van der Waals surface area (Å²) in [5.74, 6) is 0.350. The Bertz CT molecular complexity index is 568. The summed E-state index contributed by atoms with van der Waals surface area (Å²) in [5.41, 5.74) is 4.69. The number of benzene rings is 1. The van der Waals surface area contributed by atoms with E-state index in [4.69, 9.17) is 5.21 Å². The van der Waals surface area contributed by atoms with Gasteiger partial charge in [0.1, 0.15) is 0 Å². The summed E-state index contributed by atoms with van der Waals surface area (Å²) in [5, 5.41) is 14.5. The van der Waals surface area contributed by atoms with Crippen molar-refractivity contribution in [2.45, 2.75) is 19.3 Å². The molecule has 1 aromatic carbocycles. The number of thiophene rings is 1. The summed E-state index contributed by atoms with van der Waals surface area (Å²) in [6, 6.07) is 10.7. The van der Waals surface area contributed by atoms with Crippen LogP contribution in [0, 0.1) is 6.92 Å². The van der Waals surface area contributed by atoms with Gasteiger partial charge in [0.25, 0.3) is 0 Å². The lowest BCUT2D eigenvalue weighted by Gasteiger charge is -2.10. The fourth-order valence-corrected chi connectivity index (χ4v) is 3.36. The Kier molecular flexibility index (Phi) is 2.48. The molecular formula is C14H13NOS. The monoisotopic (exact) mass is 243 g/mol. The first-order chi connectivity index (χ1) is 8.29. The van der Waals surface area contributed by atoms with Crippen LogP contribution in [0.1, 0.15) is 33.9 Å². The third kappa shape index (κ3) is 1.67. The Morgan fingerprint density at radius 3 is 2.71 bits per heavy atom. The first-order valence-corrected chi connectivity index (χ1v) is 6.53. The van der Waals surface area contributed by atoms with E-state index in [0.717, 1.165) is 17.0 Å². The highest BCUT2D eigenvalue weighted by Gasteiger charge is 2.30. The molecule has 1 heterocycles. The molecule has 1 aromatic heterocycles. The van der Waals surface area contributed by atoms with Crippen LogP contribution in [0.3, 0.4) is 0 Å². The molecule has 1 atom stereocenters. The van der Waals surface area contributed by atoms with Gasteiger partial charge in [-0.2, -0.15) is 0 Å². The second-order valence-corrected chi connectivity index (χ2v) is 5.34. The van der Waals surface area contributed by atoms with Gasteiger partial charge in [0, 0.05) is 12.3 Å². The van der Waals surface area contributed by atoms with E-state index in [2.05, 4.69) is 47.8 Å². The zero-order valence-corrected chi connectivity index (χ0v) is 10.4. The van der Waals surface area contributed by atoms with Gasteiger partial charge in [0.2, 0.25) is 0 Å². The molecule has 0 bridgehead atoms. The van der Waals surface area contributed by atoms with E-state index in [-0.39, 0.29) is 0 Å². The van der Waals surface area contributed by atoms with E-state index in [0.29, 0.717) is 5.92 Å². The van der Waals surface area contributed by atoms with E-state index in [1.54, 1.807) is 11.3 Å². The van der Waals surface area contributed by atoms with Crippen molar-refractivity contribution in [1.82, 2.24) is 0 Å². The van der Waals surface area contributed by atoms with Gasteiger partial charge >= 0.3 is 0 Å². The van der Waals surface area contributed by atoms with Crippen LogP contribution in [0.2, 0.25) is 0 Å². The first kappa shape index (κ1) is 10.5. The summed E-state index contributed by atoms with van der Waals surface area (Å²) < 4.78 is 0. The molecule has 0 fully saturated rings. The van der Waals surface area contributed by atoms with E-state index in [1.165, 1.54) is 16.7 Å². The molecule has 0 radical (unpaired) electrons. The maximum absolute atomic E-state index is 9.03. The van der Waals surface area contributed by atoms with E-state index < -0.39 is 0 Å². The zero-order valence-electron chi connectivity index (χ0n) is 9.55. The number of rotatable bonds is 1. The van der Waals surface area contributed by atoms with Crippen LogP contribution in [0.15, 0.2) is 40.9 Å². The molecule has 3 heteroatoms. The van der Waals surface area contributed by atoms with E-state index in [9.17, 15) is 0 Å². The maximum atomic E-state index is 9.03. The lowest BCUT2D eigenvalue weighted by atomic mass is 9.94. The van der Waals surface area contributed by atoms with Gasteiger partial charge in [0.05, 0.1) is 10.6 Å². The molecule has 1 N–H and O–H groups in total. The molecule has 0 aliphatic heterocycles. The van der Waals surface area contributed by atoms with Crippen molar-refractivity contribution in [3.63, 3.8) is 0 Å². The molecular weight excluding hydrogens is 230 g/mol. The minimum absolute atomic E-state index is 0.350. The second-order valence-electron chi connectivity index (χ2n) is 4.42. The van der Waals surface area contributed by atoms with Crippen molar-refractivity contribution in [2.24, 2.45) is 5.16 Å². The highest BCUT2D eigenvalue weighted by molar-refractivity contribution is 7.12. The Morgan fingerprint density at radius 2 is 2.00 bits per heavy atom. The molecule has 17 heavy (non-hydrogen) atoms. The topological polar surface area (TPSA) is 32.6 Å². The Balaban J connectivity index is 2.05. The Labute approximate surface area is 104 Å². The Hall–Kier alpha value is -1.61. The minimum atomic E-state index is 0.350. The van der Waals surface area contributed by atoms with Crippen LogP contribution in [0.4, 0.5) is 0 Å².